The Kier molecular flexibility index (Phi) is 4.57. The van der Waals surface area contributed by atoms with Crippen LogP contribution >= 0.6 is 0 Å². The zero-order valence-electron chi connectivity index (χ0n) is 10.5. The van der Waals surface area contributed by atoms with Gasteiger partial charge in [-0.05, 0) is 24.8 Å². The molecule has 0 aliphatic heterocycles. The predicted octanol–water partition coefficient (Wildman–Crippen LogP) is 3.32. The summed E-state index contributed by atoms with van der Waals surface area (Å²) in [6.07, 6.45) is 4.20. The number of benzene rings is 1. The van der Waals surface area contributed by atoms with Crippen molar-refractivity contribution in [2.45, 2.75) is 44.8 Å². The first-order chi connectivity index (χ1) is 8.31. The highest BCUT2D eigenvalue weighted by molar-refractivity contribution is 5.18. The summed E-state index contributed by atoms with van der Waals surface area (Å²) in [4.78, 5) is 0. The van der Waals surface area contributed by atoms with E-state index in [4.69, 9.17) is 4.74 Å². The molecule has 1 saturated carbocycles. The van der Waals surface area contributed by atoms with Crippen molar-refractivity contribution < 1.29 is 9.84 Å². The zero-order valence-corrected chi connectivity index (χ0v) is 10.5. The van der Waals surface area contributed by atoms with E-state index in [2.05, 4.69) is 0 Å². The number of aliphatic hydroxyl groups excluding tert-OH is 1. The van der Waals surface area contributed by atoms with E-state index in [0.717, 1.165) is 12.0 Å². The van der Waals surface area contributed by atoms with Crippen molar-refractivity contribution >= 4 is 0 Å². The van der Waals surface area contributed by atoms with Crippen LogP contribution in [0.4, 0.5) is 0 Å². The topological polar surface area (TPSA) is 29.5 Å². The Hall–Kier alpha value is -0.860. The van der Waals surface area contributed by atoms with E-state index in [-0.39, 0.29) is 12.2 Å². The molecule has 2 heteroatoms. The molecule has 1 aliphatic rings. The van der Waals surface area contributed by atoms with E-state index < -0.39 is 0 Å². The zero-order chi connectivity index (χ0) is 12.1. The maximum Gasteiger partial charge on any atom is 0.108 e. The van der Waals surface area contributed by atoms with Crippen molar-refractivity contribution in [2.75, 3.05) is 6.61 Å². The van der Waals surface area contributed by atoms with Gasteiger partial charge in [0.2, 0.25) is 0 Å². The van der Waals surface area contributed by atoms with Gasteiger partial charge in [0, 0.05) is 6.61 Å². The summed E-state index contributed by atoms with van der Waals surface area (Å²) < 4.78 is 5.71. The van der Waals surface area contributed by atoms with Gasteiger partial charge in [-0.15, -0.1) is 0 Å². The van der Waals surface area contributed by atoms with Crippen molar-refractivity contribution in [2.24, 2.45) is 5.92 Å². The molecule has 1 fully saturated rings. The number of hydrogen-bond donors (Lipinski definition) is 1. The van der Waals surface area contributed by atoms with Gasteiger partial charge in [-0.2, -0.15) is 0 Å². The van der Waals surface area contributed by atoms with Gasteiger partial charge < -0.3 is 9.84 Å². The molecular formula is C15H22O2. The van der Waals surface area contributed by atoms with E-state index in [1.807, 2.05) is 37.3 Å². The molecule has 0 spiro atoms. The summed E-state index contributed by atoms with van der Waals surface area (Å²) in [5, 5.41) is 10.3. The van der Waals surface area contributed by atoms with Crippen molar-refractivity contribution in [1.82, 2.24) is 0 Å². The lowest BCUT2D eigenvalue weighted by Crippen LogP contribution is -2.26. The molecule has 1 aliphatic carbocycles. The monoisotopic (exact) mass is 234 g/mol. The van der Waals surface area contributed by atoms with Crippen LogP contribution in [0.5, 0.6) is 0 Å². The average Bonchev–Trinajstić information content (AvgIpc) is 2.31. The normalized spacial score (nSPS) is 19.6. The standard InChI is InChI=1S/C15H22O2/c1-2-17-15(13-9-4-3-5-10-13)14(16)11-12-7-6-8-12/h3-5,9-10,12,14-16H,2,6-8,11H2,1H3. The predicted molar refractivity (Wildman–Crippen MR) is 68.8 cm³/mol. The molecule has 17 heavy (non-hydrogen) atoms. The molecule has 0 amide bonds. The Morgan fingerprint density at radius 3 is 2.53 bits per heavy atom. The van der Waals surface area contributed by atoms with Crippen LogP contribution in [0.2, 0.25) is 0 Å². The highest BCUT2D eigenvalue weighted by Crippen LogP contribution is 2.34. The van der Waals surface area contributed by atoms with Crippen LogP contribution in [0.3, 0.4) is 0 Å². The summed E-state index contributed by atoms with van der Waals surface area (Å²) in [6.45, 7) is 2.62. The van der Waals surface area contributed by atoms with Gasteiger partial charge in [0.05, 0.1) is 6.10 Å². The highest BCUT2D eigenvalue weighted by Gasteiger charge is 2.27. The largest absolute Gasteiger partial charge is 0.390 e. The van der Waals surface area contributed by atoms with Gasteiger partial charge in [-0.25, -0.2) is 0 Å². The smallest absolute Gasteiger partial charge is 0.108 e. The summed E-state index contributed by atoms with van der Waals surface area (Å²) in [7, 11) is 0. The quantitative estimate of drug-likeness (QED) is 0.818. The average molecular weight is 234 g/mol. The van der Waals surface area contributed by atoms with Crippen molar-refractivity contribution in [3.8, 4) is 0 Å². The Bertz CT molecular complexity index is 319. The van der Waals surface area contributed by atoms with Gasteiger partial charge in [-0.3, -0.25) is 0 Å². The maximum absolute atomic E-state index is 10.3. The Morgan fingerprint density at radius 1 is 1.29 bits per heavy atom. The minimum Gasteiger partial charge on any atom is -0.390 e. The van der Waals surface area contributed by atoms with E-state index >= 15 is 0 Å². The van der Waals surface area contributed by atoms with E-state index in [1.165, 1.54) is 19.3 Å². The Labute approximate surface area is 104 Å². The summed E-state index contributed by atoms with van der Waals surface area (Å²) in [5.41, 5.74) is 1.08. The maximum atomic E-state index is 10.3. The van der Waals surface area contributed by atoms with Gasteiger partial charge in [0.15, 0.2) is 0 Å². The lowest BCUT2D eigenvalue weighted by atomic mass is 9.80. The van der Waals surface area contributed by atoms with Crippen molar-refractivity contribution in [3.63, 3.8) is 0 Å². The minimum absolute atomic E-state index is 0.165. The Balaban J connectivity index is 2.00. The lowest BCUT2D eigenvalue weighted by Gasteiger charge is -2.31. The second-order valence-electron chi connectivity index (χ2n) is 4.89. The molecule has 1 aromatic rings. The van der Waals surface area contributed by atoms with Gasteiger partial charge in [0.25, 0.3) is 0 Å². The first kappa shape index (κ1) is 12.6. The van der Waals surface area contributed by atoms with Gasteiger partial charge in [0.1, 0.15) is 6.10 Å². The lowest BCUT2D eigenvalue weighted by molar-refractivity contribution is -0.0485. The number of rotatable bonds is 6. The van der Waals surface area contributed by atoms with Gasteiger partial charge in [-0.1, -0.05) is 49.6 Å². The van der Waals surface area contributed by atoms with Crippen LogP contribution in [0, 0.1) is 5.92 Å². The van der Waals surface area contributed by atoms with Crippen LogP contribution in [-0.2, 0) is 4.74 Å². The third-order valence-corrected chi connectivity index (χ3v) is 3.62. The minimum atomic E-state index is -0.373. The summed E-state index contributed by atoms with van der Waals surface area (Å²) in [5.74, 6) is 0.705. The fourth-order valence-electron chi connectivity index (χ4n) is 2.45. The molecule has 0 radical (unpaired) electrons. The first-order valence-corrected chi connectivity index (χ1v) is 6.66. The molecule has 0 saturated heterocycles. The molecular weight excluding hydrogens is 212 g/mol. The van der Waals surface area contributed by atoms with Crippen LogP contribution in [0.1, 0.15) is 44.3 Å². The van der Waals surface area contributed by atoms with E-state index in [0.29, 0.717) is 12.5 Å². The fraction of sp³-hybridized carbons (Fsp3) is 0.600. The molecule has 0 heterocycles. The molecule has 0 aromatic heterocycles. The summed E-state index contributed by atoms with van der Waals surface area (Å²) >= 11 is 0. The second kappa shape index (κ2) is 6.18. The third-order valence-electron chi connectivity index (χ3n) is 3.62. The second-order valence-corrected chi connectivity index (χ2v) is 4.89. The van der Waals surface area contributed by atoms with Crippen LogP contribution in [-0.4, -0.2) is 17.8 Å². The van der Waals surface area contributed by atoms with Crippen LogP contribution in [0.15, 0.2) is 30.3 Å². The highest BCUT2D eigenvalue weighted by atomic mass is 16.5. The number of ether oxygens (including phenoxy) is 1. The number of hydrogen-bond acceptors (Lipinski definition) is 2. The molecule has 2 atom stereocenters. The number of aliphatic hydroxyl groups is 1. The Morgan fingerprint density at radius 2 is 2.00 bits per heavy atom. The van der Waals surface area contributed by atoms with Crippen molar-refractivity contribution in [3.05, 3.63) is 35.9 Å². The van der Waals surface area contributed by atoms with Crippen LogP contribution in [0.25, 0.3) is 0 Å². The van der Waals surface area contributed by atoms with Gasteiger partial charge >= 0.3 is 0 Å². The van der Waals surface area contributed by atoms with E-state index in [9.17, 15) is 5.11 Å². The third kappa shape index (κ3) is 3.30. The molecule has 1 aromatic carbocycles. The SMILES string of the molecule is CCOC(c1ccccc1)C(O)CC1CCC1. The van der Waals surface area contributed by atoms with E-state index in [1.54, 1.807) is 0 Å². The fourth-order valence-corrected chi connectivity index (χ4v) is 2.45. The molecule has 94 valence electrons. The first-order valence-electron chi connectivity index (χ1n) is 6.66. The molecule has 0 bridgehead atoms. The molecule has 2 nitrogen and oxygen atoms in total. The van der Waals surface area contributed by atoms with Crippen LogP contribution < -0.4 is 0 Å². The van der Waals surface area contributed by atoms with Crippen molar-refractivity contribution in [1.29, 1.82) is 0 Å². The molecule has 1 N–H and O–H groups in total. The molecule has 2 unspecified atom stereocenters. The summed E-state index contributed by atoms with van der Waals surface area (Å²) in [6, 6.07) is 10.0. The molecule has 2 rings (SSSR count).